The van der Waals surface area contributed by atoms with Gasteiger partial charge in [0, 0.05) is 12.1 Å². The highest BCUT2D eigenvalue weighted by atomic mass is 16.5. The second-order valence-electron chi connectivity index (χ2n) is 5.58. The minimum absolute atomic E-state index is 0.156. The maximum Gasteiger partial charge on any atom is 0.313 e. The van der Waals surface area contributed by atoms with Crippen molar-refractivity contribution >= 4 is 17.5 Å². The smallest absolute Gasteiger partial charge is 0.313 e. The molecule has 7 heteroatoms. The van der Waals surface area contributed by atoms with Gasteiger partial charge in [0.15, 0.2) is 0 Å². The molecule has 0 aliphatic heterocycles. The molecule has 0 unspecified atom stereocenters. The molecular formula is C18H22N2O5. The Hall–Kier alpha value is -2.80. The predicted molar refractivity (Wildman–Crippen MR) is 92.4 cm³/mol. The number of carbonyl (C=O) groups is 2. The van der Waals surface area contributed by atoms with Crippen LogP contribution in [0.5, 0.6) is 5.75 Å². The lowest BCUT2D eigenvalue weighted by Crippen LogP contribution is -2.36. The molecule has 1 aromatic carbocycles. The molecule has 0 fully saturated rings. The van der Waals surface area contributed by atoms with Crippen LogP contribution in [0.3, 0.4) is 0 Å². The number of rotatable bonds is 6. The number of hydrogen-bond acceptors (Lipinski definition) is 5. The van der Waals surface area contributed by atoms with Crippen molar-refractivity contribution in [3.63, 3.8) is 0 Å². The van der Waals surface area contributed by atoms with Gasteiger partial charge in [0.05, 0.1) is 18.9 Å². The Balaban J connectivity index is 1.83. The van der Waals surface area contributed by atoms with E-state index in [0.717, 1.165) is 0 Å². The van der Waals surface area contributed by atoms with Gasteiger partial charge >= 0.3 is 11.8 Å². The fourth-order valence-corrected chi connectivity index (χ4v) is 2.47. The molecule has 1 heterocycles. The van der Waals surface area contributed by atoms with Gasteiger partial charge in [-0.2, -0.15) is 0 Å². The van der Waals surface area contributed by atoms with E-state index in [4.69, 9.17) is 9.15 Å². The summed E-state index contributed by atoms with van der Waals surface area (Å²) in [6.45, 7) is 3.72. The second kappa shape index (κ2) is 8.34. The molecule has 0 aliphatic rings. The summed E-state index contributed by atoms with van der Waals surface area (Å²) in [7, 11) is 1.48. The molecule has 0 radical (unpaired) electrons. The summed E-state index contributed by atoms with van der Waals surface area (Å²) in [6, 6.07) is 8.56. The number of amides is 2. The Morgan fingerprint density at radius 3 is 2.60 bits per heavy atom. The van der Waals surface area contributed by atoms with Crippen molar-refractivity contribution in [2.24, 2.45) is 0 Å². The third-order valence-electron chi connectivity index (χ3n) is 3.70. The highest BCUT2D eigenvalue weighted by Gasteiger charge is 2.18. The predicted octanol–water partition coefficient (Wildman–Crippen LogP) is 2.08. The number of aliphatic hydroxyl groups excluding tert-OH is 1. The topological polar surface area (TPSA) is 101 Å². The van der Waals surface area contributed by atoms with E-state index in [1.54, 1.807) is 44.2 Å². The van der Waals surface area contributed by atoms with E-state index in [0.29, 0.717) is 28.5 Å². The number of ether oxygens (including phenoxy) is 1. The van der Waals surface area contributed by atoms with Gasteiger partial charge in [0.2, 0.25) is 0 Å². The molecule has 2 amide bonds. The maximum absolute atomic E-state index is 11.9. The monoisotopic (exact) mass is 346 g/mol. The number of benzene rings is 1. The lowest BCUT2D eigenvalue weighted by atomic mass is 10.1. The van der Waals surface area contributed by atoms with E-state index in [1.165, 1.54) is 7.11 Å². The van der Waals surface area contributed by atoms with Crippen LogP contribution in [0.15, 0.2) is 34.7 Å². The molecule has 7 nitrogen and oxygen atoms in total. The molecule has 134 valence electrons. The first-order chi connectivity index (χ1) is 11.9. The van der Waals surface area contributed by atoms with Crippen LogP contribution < -0.4 is 15.4 Å². The highest BCUT2D eigenvalue weighted by Crippen LogP contribution is 2.24. The van der Waals surface area contributed by atoms with E-state index < -0.39 is 17.9 Å². The maximum atomic E-state index is 11.9. The first-order valence-corrected chi connectivity index (χ1v) is 7.89. The van der Waals surface area contributed by atoms with E-state index in [9.17, 15) is 14.7 Å². The summed E-state index contributed by atoms with van der Waals surface area (Å²) in [6.07, 6.45) is -0.497. The zero-order chi connectivity index (χ0) is 18.4. The van der Waals surface area contributed by atoms with Crippen molar-refractivity contribution in [2.45, 2.75) is 26.4 Å². The second-order valence-corrected chi connectivity index (χ2v) is 5.58. The van der Waals surface area contributed by atoms with Crippen molar-refractivity contribution in [1.82, 2.24) is 5.32 Å². The summed E-state index contributed by atoms with van der Waals surface area (Å²) < 4.78 is 10.5. The molecule has 0 bridgehead atoms. The van der Waals surface area contributed by atoms with E-state index >= 15 is 0 Å². The van der Waals surface area contributed by atoms with Crippen LogP contribution in [0.25, 0.3) is 0 Å². The summed E-state index contributed by atoms with van der Waals surface area (Å²) in [5.74, 6) is 0.245. The number of anilines is 1. The standard InChI is InChI=1S/C18H22N2O5/c1-11-10-13(12(2)25-11)15(21)8-9-19-17(22)18(23)20-14-6-4-5-7-16(14)24-3/h4-7,10,15,21H,8-9H2,1-3H3,(H,19,22)(H,20,23)/t15-/m0/s1. The third-order valence-corrected chi connectivity index (χ3v) is 3.70. The summed E-state index contributed by atoms with van der Waals surface area (Å²) in [4.78, 5) is 23.8. The van der Waals surface area contributed by atoms with Crippen molar-refractivity contribution < 1.29 is 23.8 Å². The van der Waals surface area contributed by atoms with Gasteiger partial charge in [0.25, 0.3) is 0 Å². The Kier molecular flexibility index (Phi) is 6.19. The Morgan fingerprint density at radius 1 is 1.24 bits per heavy atom. The number of furan rings is 1. The van der Waals surface area contributed by atoms with Gasteiger partial charge in [-0.15, -0.1) is 0 Å². The quantitative estimate of drug-likeness (QED) is 0.695. The number of methoxy groups -OCH3 is 1. The van der Waals surface area contributed by atoms with Crippen LogP contribution >= 0.6 is 0 Å². The normalized spacial score (nSPS) is 11.7. The number of para-hydroxylation sites is 2. The summed E-state index contributed by atoms with van der Waals surface area (Å²) >= 11 is 0. The first kappa shape index (κ1) is 18.5. The van der Waals surface area contributed by atoms with Crippen LogP contribution in [0.1, 0.15) is 29.6 Å². The van der Waals surface area contributed by atoms with Gasteiger partial charge in [-0.05, 0) is 38.5 Å². The fourth-order valence-electron chi connectivity index (χ4n) is 2.47. The largest absolute Gasteiger partial charge is 0.495 e. The van der Waals surface area contributed by atoms with Gasteiger partial charge in [-0.3, -0.25) is 9.59 Å². The number of aryl methyl sites for hydroxylation is 2. The van der Waals surface area contributed by atoms with Crippen LogP contribution in [0, 0.1) is 13.8 Å². The summed E-state index contributed by atoms with van der Waals surface area (Å²) in [5, 5.41) is 15.1. The molecule has 0 saturated carbocycles. The SMILES string of the molecule is COc1ccccc1NC(=O)C(=O)NCC[C@H](O)c1cc(C)oc1C. The van der Waals surface area contributed by atoms with Gasteiger partial charge < -0.3 is 24.9 Å². The molecule has 0 spiro atoms. The Bertz CT molecular complexity index is 754. The fraction of sp³-hybridized carbons (Fsp3) is 0.333. The number of carbonyl (C=O) groups excluding carboxylic acids is 2. The Labute approximate surface area is 146 Å². The molecule has 2 rings (SSSR count). The van der Waals surface area contributed by atoms with E-state index in [1.807, 2.05) is 0 Å². The molecule has 1 atom stereocenters. The number of nitrogens with one attached hydrogen (secondary N) is 2. The van der Waals surface area contributed by atoms with Crippen LogP contribution in [-0.2, 0) is 9.59 Å². The lowest BCUT2D eigenvalue weighted by Gasteiger charge is -2.11. The van der Waals surface area contributed by atoms with E-state index in [2.05, 4.69) is 10.6 Å². The average molecular weight is 346 g/mol. The molecule has 0 aliphatic carbocycles. The van der Waals surface area contributed by atoms with Crippen molar-refractivity contribution in [1.29, 1.82) is 0 Å². The Morgan fingerprint density at radius 2 is 1.96 bits per heavy atom. The molecule has 3 N–H and O–H groups in total. The minimum Gasteiger partial charge on any atom is -0.495 e. The minimum atomic E-state index is -0.797. The van der Waals surface area contributed by atoms with Gasteiger partial charge in [-0.1, -0.05) is 12.1 Å². The first-order valence-electron chi connectivity index (χ1n) is 7.89. The van der Waals surface area contributed by atoms with Crippen LogP contribution in [0.4, 0.5) is 5.69 Å². The average Bonchev–Trinajstić information content (AvgIpc) is 2.93. The zero-order valence-corrected chi connectivity index (χ0v) is 14.5. The van der Waals surface area contributed by atoms with Gasteiger partial charge in [0.1, 0.15) is 17.3 Å². The van der Waals surface area contributed by atoms with Crippen LogP contribution in [-0.4, -0.2) is 30.6 Å². The molecule has 2 aromatic rings. The van der Waals surface area contributed by atoms with Crippen molar-refractivity contribution in [2.75, 3.05) is 19.0 Å². The van der Waals surface area contributed by atoms with E-state index in [-0.39, 0.29) is 13.0 Å². The molecule has 1 aromatic heterocycles. The van der Waals surface area contributed by atoms with Crippen molar-refractivity contribution in [3.05, 3.63) is 47.4 Å². The molecular weight excluding hydrogens is 324 g/mol. The van der Waals surface area contributed by atoms with Crippen molar-refractivity contribution in [3.8, 4) is 5.75 Å². The number of hydrogen-bond donors (Lipinski definition) is 3. The summed E-state index contributed by atoms with van der Waals surface area (Å²) in [5.41, 5.74) is 1.10. The van der Waals surface area contributed by atoms with Gasteiger partial charge in [-0.25, -0.2) is 0 Å². The lowest BCUT2D eigenvalue weighted by molar-refractivity contribution is -0.136. The molecule has 0 saturated heterocycles. The van der Waals surface area contributed by atoms with Crippen LogP contribution in [0.2, 0.25) is 0 Å². The third kappa shape index (κ3) is 4.84. The highest BCUT2D eigenvalue weighted by molar-refractivity contribution is 6.39. The number of aliphatic hydroxyl groups is 1. The molecule has 25 heavy (non-hydrogen) atoms. The zero-order valence-electron chi connectivity index (χ0n) is 14.5.